The number of carbonyl (C=O) groups is 1. The van der Waals surface area contributed by atoms with Gasteiger partial charge in [0.2, 0.25) is 5.91 Å². The van der Waals surface area contributed by atoms with Crippen molar-refractivity contribution in [3.63, 3.8) is 0 Å². The second kappa shape index (κ2) is 4.61. The second-order valence-electron chi connectivity index (χ2n) is 4.01. The van der Waals surface area contributed by atoms with E-state index in [1.165, 1.54) is 0 Å². The molecule has 1 heterocycles. The molecule has 13 heavy (non-hydrogen) atoms. The summed E-state index contributed by atoms with van der Waals surface area (Å²) < 4.78 is 0. The fourth-order valence-corrected chi connectivity index (χ4v) is 1.62. The average molecular weight is 184 g/mol. The van der Waals surface area contributed by atoms with E-state index < -0.39 is 0 Å². The number of piperidine rings is 1. The second-order valence-corrected chi connectivity index (χ2v) is 4.01. The van der Waals surface area contributed by atoms with Crippen LogP contribution in [0.25, 0.3) is 0 Å². The van der Waals surface area contributed by atoms with Crippen LogP contribution in [-0.4, -0.2) is 24.5 Å². The van der Waals surface area contributed by atoms with Crippen molar-refractivity contribution in [1.29, 1.82) is 0 Å². The number of carbonyl (C=O) groups excluding carboxylic acids is 1. The Morgan fingerprint density at radius 1 is 1.69 bits per heavy atom. The molecule has 0 saturated carbocycles. The molecule has 1 amide bonds. The van der Waals surface area contributed by atoms with Gasteiger partial charge < -0.3 is 10.6 Å². The van der Waals surface area contributed by atoms with Crippen molar-refractivity contribution < 1.29 is 4.79 Å². The van der Waals surface area contributed by atoms with Gasteiger partial charge in [-0.15, -0.1) is 0 Å². The van der Waals surface area contributed by atoms with Crippen LogP contribution in [0, 0.1) is 5.92 Å². The van der Waals surface area contributed by atoms with Gasteiger partial charge in [0, 0.05) is 12.6 Å². The smallest absolute Gasteiger partial charge is 0.237 e. The Balaban J connectivity index is 2.48. The number of nitrogens with one attached hydrogen (secondary N) is 2. The first-order chi connectivity index (χ1) is 6.15. The van der Waals surface area contributed by atoms with Gasteiger partial charge in [-0.05, 0) is 25.7 Å². The van der Waals surface area contributed by atoms with E-state index >= 15 is 0 Å². The van der Waals surface area contributed by atoms with Gasteiger partial charge in [0.25, 0.3) is 0 Å². The Hall–Kier alpha value is -0.570. The van der Waals surface area contributed by atoms with Crippen LogP contribution in [0.1, 0.15) is 33.6 Å². The van der Waals surface area contributed by atoms with Gasteiger partial charge in [0.15, 0.2) is 0 Å². The van der Waals surface area contributed by atoms with E-state index in [2.05, 4.69) is 31.4 Å². The SMILES string of the molecule is CCC(C)NC1C(=O)NCCC1C. The van der Waals surface area contributed by atoms with E-state index in [4.69, 9.17) is 0 Å². The summed E-state index contributed by atoms with van der Waals surface area (Å²) in [6, 6.07) is 0.444. The summed E-state index contributed by atoms with van der Waals surface area (Å²) in [5.74, 6) is 0.627. The van der Waals surface area contributed by atoms with E-state index in [-0.39, 0.29) is 11.9 Å². The van der Waals surface area contributed by atoms with Gasteiger partial charge in [-0.3, -0.25) is 4.79 Å². The molecule has 0 spiro atoms. The maximum absolute atomic E-state index is 11.5. The first-order valence-electron chi connectivity index (χ1n) is 5.19. The topological polar surface area (TPSA) is 41.1 Å². The molecule has 3 nitrogen and oxygen atoms in total. The highest BCUT2D eigenvalue weighted by molar-refractivity contribution is 5.82. The molecular weight excluding hydrogens is 164 g/mol. The number of hydrogen-bond donors (Lipinski definition) is 2. The highest BCUT2D eigenvalue weighted by Crippen LogP contribution is 2.13. The summed E-state index contributed by atoms with van der Waals surface area (Å²) in [6.45, 7) is 7.22. The molecule has 76 valence electrons. The third-order valence-electron chi connectivity index (χ3n) is 2.83. The average Bonchev–Trinajstić information content (AvgIpc) is 2.11. The van der Waals surface area contributed by atoms with Gasteiger partial charge in [0.05, 0.1) is 6.04 Å². The monoisotopic (exact) mass is 184 g/mol. The summed E-state index contributed by atoms with van der Waals surface area (Å²) in [6.07, 6.45) is 2.15. The molecular formula is C10H20N2O. The Morgan fingerprint density at radius 3 is 2.92 bits per heavy atom. The highest BCUT2D eigenvalue weighted by Gasteiger charge is 2.28. The van der Waals surface area contributed by atoms with Gasteiger partial charge in [-0.1, -0.05) is 13.8 Å². The minimum Gasteiger partial charge on any atom is -0.355 e. The molecule has 1 rings (SSSR count). The van der Waals surface area contributed by atoms with E-state index in [1.54, 1.807) is 0 Å². The van der Waals surface area contributed by atoms with E-state index in [1.807, 2.05) is 0 Å². The molecule has 0 aromatic rings. The van der Waals surface area contributed by atoms with Crippen molar-refractivity contribution in [3.05, 3.63) is 0 Å². The van der Waals surface area contributed by atoms with Crippen LogP contribution in [0.4, 0.5) is 0 Å². The predicted molar refractivity (Wildman–Crippen MR) is 53.5 cm³/mol. The highest BCUT2D eigenvalue weighted by atomic mass is 16.2. The number of rotatable bonds is 3. The molecule has 0 aliphatic carbocycles. The minimum atomic E-state index is 0.0173. The van der Waals surface area contributed by atoms with Crippen molar-refractivity contribution in [3.8, 4) is 0 Å². The number of amides is 1. The third-order valence-corrected chi connectivity index (χ3v) is 2.83. The summed E-state index contributed by atoms with van der Waals surface area (Å²) in [5.41, 5.74) is 0. The fourth-order valence-electron chi connectivity index (χ4n) is 1.62. The van der Waals surface area contributed by atoms with Crippen molar-refractivity contribution in [2.75, 3.05) is 6.54 Å². The molecule has 0 radical (unpaired) electrons. The van der Waals surface area contributed by atoms with Crippen molar-refractivity contribution in [2.45, 2.75) is 45.7 Å². The van der Waals surface area contributed by atoms with Gasteiger partial charge in [-0.2, -0.15) is 0 Å². The first-order valence-corrected chi connectivity index (χ1v) is 5.19. The van der Waals surface area contributed by atoms with E-state index in [0.29, 0.717) is 12.0 Å². The quantitative estimate of drug-likeness (QED) is 0.684. The fraction of sp³-hybridized carbons (Fsp3) is 0.900. The van der Waals surface area contributed by atoms with Crippen molar-refractivity contribution >= 4 is 5.91 Å². The Kier molecular flexibility index (Phi) is 3.72. The van der Waals surface area contributed by atoms with Crippen LogP contribution in [0.15, 0.2) is 0 Å². The normalized spacial score (nSPS) is 31.2. The zero-order valence-corrected chi connectivity index (χ0v) is 8.76. The molecule has 3 heteroatoms. The van der Waals surface area contributed by atoms with Crippen molar-refractivity contribution in [2.24, 2.45) is 5.92 Å². The Labute approximate surface area is 80.3 Å². The zero-order chi connectivity index (χ0) is 9.84. The molecule has 2 N–H and O–H groups in total. The van der Waals surface area contributed by atoms with Gasteiger partial charge in [-0.25, -0.2) is 0 Å². The van der Waals surface area contributed by atoms with Crippen LogP contribution >= 0.6 is 0 Å². The molecule has 1 fully saturated rings. The van der Waals surface area contributed by atoms with Crippen LogP contribution in [0.2, 0.25) is 0 Å². The molecule has 1 aliphatic rings. The summed E-state index contributed by atoms with van der Waals surface area (Å²) in [7, 11) is 0. The molecule has 0 aromatic carbocycles. The van der Waals surface area contributed by atoms with Gasteiger partial charge in [0.1, 0.15) is 0 Å². The summed E-state index contributed by atoms with van der Waals surface area (Å²) >= 11 is 0. The Bertz CT molecular complexity index is 182. The molecule has 0 aromatic heterocycles. The van der Waals surface area contributed by atoms with Crippen LogP contribution in [0.5, 0.6) is 0 Å². The van der Waals surface area contributed by atoms with E-state index in [9.17, 15) is 4.79 Å². The van der Waals surface area contributed by atoms with Crippen LogP contribution in [-0.2, 0) is 4.79 Å². The summed E-state index contributed by atoms with van der Waals surface area (Å²) in [4.78, 5) is 11.5. The third kappa shape index (κ3) is 2.69. The first kappa shape index (κ1) is 10.5. The lowest BCUT2D eigenvalue weighted by atomic mass is 9.93. The molecule has 1 saturated heterocycles. The summed E-state index contributed by atoms with van der Waals surface area (Å²) in [5, 5.41) is 6.25. The number of hydrogen-bond acceptors (Lipinski definition) is 2. The molecule has 3 atom stereocenters. The largest absolute Gasteiger partial charge is 0.355 e. The van der Waals surface area contributed by atoms with Crippen LogP contribution < -0.4 is 10.6 Å². The maximum atomic E-state index is 11.5. The lowest BCUT2D eigenvalue weighted by Gasteiger charge is -2.31. The molecule has 0 bridgehead atoms. The van der Waals surface area contributed by atoms with Crippen LogP contribution in [0.3, 0.4) is 0 Å². The lowest BCUT2D eigenvalue weighted by molar-refractivity contribution is -0.126. The zero-order valence-electron chi connectivity index (χ0n) is 8.76. The lowest BCUT2D eigenvalue weighted by Crippen LogP contribution is -2.54. The molecule has 1 aliphatic heterocycles. The predicted octanol–water partition coefficient (Wildman–Crippen LogP) is 0.899. The minimum absolute atomic E-state index is 0.0173. The standard InChI is InChI=1S/C10H20N2O/c1-4-8(3)12-9-7(2)5-6-11-10(9)13/h7-9,12H,4-6H2,1-3H3,(H,11,13). The van der Waals surface area contributed by atoms with Crippen molar-refractivity contribution in [1.82, 2.24) is 10.6 Å². The van der Waals surface area contributed by atoms with Gasteiger partial charge >= 0.3 is 0 Å². The maximum Gasteiger partial charge on any atom is 0.237 e. The molecule has 3 unspecified atom stereocenters. The van der Waals surface area contributed by atoms with E-state index in [0.717, 1.165) is 19.4 Å². The Morgan fingerprint density at radius 2 is 2.38 bits per heavy atom.